The summed E-state index contributed by atoms with van der Waals surface area (Å²) in [4.78, 5) is 11.4. The first-order valence-corrected chi connectivity index (χ1v) is 6.49. The zero-order valence-corrected chi connectivity index (χ0v) is 12.4. The highest BCUT2D eigenvalue weighted by atomic mass is 16.5. The quantitative estimate of drug-likeness (QED) is 0.812. The van der Waals surface area contributed by atoms with E-state index in [-0.39, 0.29) is 11.2 Å². The summed E-state index contributed by atoms with van der Waals surface area (Å²) in [5, 5.41) is 0. The molecule has 18 heavy (non-hydrogen) atoms. The summed E-state index contributed by atoms with van der Waals surface area (Å²) in [6, 6.07) is 4.29. The minimum Gasteiger partial charge on any atom is -0.496 e. The van der Waals surface area contributed by atoms with Crippen molar-refractivity contribution < 1.29 is 9.53 Å². The van der Waals surface area contributed by atoms with Crippen LogP contribution in [0.3, 0.4) is 0 Å². The fourth-order valence-electron chi connectivity index (χ4n) is 2.16. The van der Waals surface area contributed by atoms with E-state index in [2.05, 4.69) is 39.8 Å². The van der Waals surface area contributed by atoms with E-state index in [1.54, 1.807) is 14.0 Å². The third-order valence-corrected chi connectivity index (χ3v) is 3.09. The highest BCUT2D eigenvalue weighted by molar-refractivity contribution is 5.79. The SMILES string of the molecule is CCc1cc(CC(C)=O)c(OC)c(C(C)(C)C)c1. The molecule has 2 nitrogen and oxygen atoms in total. The van der Waals surface area contributed by atoms with Gasteiger partial charge in [-0.2, -0.15) is 0 Å². The molecular weight excluding hydrogens is 224 g/mol. The van der Waals surface area contributed by atoms with Gasteiger partial charge in [-0.05, 0) is 24.3 Å². The topological polar surface area (TPSA) is 26.3 Å². The number of rotatable bonds is 4. The summed E-state index contributed by atoms with van der Waals surface area (Å²) in [5.74, 6) is 1.04. The Labute approximate surface area is 110 Å². The minimum atomic E-state index is 0.0159. The van der Waals surface area contributed by atoms with E-state index in [9.17, 15) is 4.79 Å². The van der Waals surface area contributed by atoms with Gasteiger partial charge >= 0.3 is 0 Å². The van der Waals surface area contributed by atoms with Crippen LogP contribution in [0.1, 0.15) is 51.3 Å². The molecule has 1 aromatic carbocycles. The van der Waals surface area contributed by atoms with Gasteiger partial charge in [0.1, 0.15) is 11.5 Å². The van der Waals surface area contributed by atoms with Crippen LogP contribution in [-0.4, -0.2) is 12.9 Å². The normalized spacial score (nSPS) is 11.4. The molecule has 0 amide bonds. The summed E-state index contributed by atoms with van der Waals surface area (Å²) in [6.07, 6.45) is 1.41. The molecule has 0 aliphatic rings. The van der Waals surface area contributed by atoms with Crippen LogP contribution in [0.15, 0.2) is 12.1 Å². The highest BCUT2D eigenvalue weighted by Crippen LogP contribution is 2.35. The van der Waals surface area contributed by atoms with Crippen molar-refractivity contribution in [2.45, 2.75) is 52.9 Å². The van der Waals surface area contributed by atoms with Crippen molar-refractivity contribution in [2.24, 2.45) is 0 Å². The van der Waals surface area contributed by atoms with Gasteiger partial charge in [0.15, 0.2) is 0 Å². The van der Waals surface area contributed by atoms with Crippen molar-refractivity contribution in [3.05, 3.63) is 28.8 Å². The summed E-state index contributed by atoms with van der Waals surface area (Å²) in [7, 11) is 1.68. The highest BCUT2D eigenvalue weighted by Gasteiger charge is 2.22. The van der Waals surface area contributed by atoms with Crippen molar-refractivity contribution in [2.75, 3.05) is 7.11 Å². The van der Waals surface area contributed by atoms with Gasteiger partial charge in [0.25, 0.3) is 0 Å². The van der Waals surface area contributed by atoms with E-state index in [0.29, 0.717) is 6.42 Å². The van der Waals surface area contributed by atoms with Gasteiger partial charge in [-0.25, -0.2) is 0 Å². The Hall–Kier alpha value is -1.31. The van der Waals surface area contributed by atoms with Crippen molar-refractivity contribution in [3.63, 3.8) is 0 Å². The molecule has 0 spiro atoms. The maximum Gasteiger partial charge on any atom is 0.134 e. The Kier molecular flexibility index (Phi) is 4.55. The largest absolute Gasteiger partial charge is 0.496 e. The molecule has 0 aromatic heterocycles. The second-order valence-corrected chi connectivity index (χ2v) is 5.82. The molecule has 0 heterocycles. The van der Waals surface area contributed by atoms with Crippen LogP contribution in [0.25, 0.3) is 0 Å². The summed E-state index contributed by atoms with van der Waals surface area (Å²) < 4.78 is 5.55. The Balaban J connectivity index is 3.44. The summed E-state index contributed by atoms with van der Waals surface area (Å²) in [6.45, 7) is 10.3. The van der Waals surface area contributed by atoms with Gasteiger partial charge in [0.05, 0.1) is 7.11 Å². The van der Waals surface area contributed by atoms with E-state index in [1.807, 2.05) is 0 Å². The number of aryl methyl sites for hydroxylation is 1. The van der Waals surface area contributed by atoms with Crippen molar-refractivity contribution in [3.8, 4) is 5.75 Å². The third kappa shape index (κ3) is 3.34. The molecule has 0 bridgehead atoms. The molecule has 0 saturated heterocycles. The lowest BCUT2D eigenvalue weighted by molar-refractivity contribution is -0.116. The van der Waals surface area contributed by atoms with Crippen LogP contribution < -0.4 is 4.74 Å². The van der Waals surface area contributed by atoms with Crippen molar-refractivity contribution in [1.29, 1.82) is 0 Å². The van der Waals surface area contributed by atoms with Crippen LogP contribution in [0.2, 0.25) is 0 Å². The monoisotopic (exact) mass is 248 g/mol. The van der Waals surface area contributed by atoms with Crippen LogP contribution >= 0.6 is 0 Å². The second kappa shape index (κ2) is 5.55. The van der Waals surface area contributed by atoms with Crippen LogP contribution in [0.4, 0.5) is 0 Å². The fourth-order valence-corrected chi connectivity index (χ4v) is 2.16. The number of hydrogen-bond donors (Lipinski definition) is 0. The number of carbonyl (C=O) groups is 1. The predicted molar refractivity (Wildman–Crippen MR) is 75.5 cm³/mol. The molecule has 2 heteroatoms. The van der Waals surface area contributed by atoms with E-state index < -0.39 is 0 Å². The molecule has 0 saturated carbocycles. The van der Waals surface area contributed by atoms with E-state index in [0.717, 1.165) is 17.7 Å². The van der Waals surface area contributed by atoms with Crippen molar-refractivity contribution >= 4 is 5.78 Å². The van der Waals surface area contributed by atoms with E-state index >= 15 is 0 Å². The average Bonchev–Trinajstić information content (AvgIpc) is 2.25. The first-order valence-electron chi connectivity index (χ1n) is 6.49. The Morgan fingerprint density at radius 2 is 1.89 bits per heavy atom. The lowest BCUT2D eigenvalue weighted by Gasteiger charge is -2.25. The summed E-state index contributed by atoms with van der Waals surface area (Å²) in [5.41, 5.74) is 3.47. The number of benzene rings is 1. The molecule has 0 atom stereocenters. The lowest BCUT2D eigenvalue weighted by Crippen LogP contribution is -2.15. The molecule has 1 aromatic rings. The van der Waals surface area contributed by atoms with Crippen LogP contribution in [0, 0.1) is 0 Å². The van der Waals surface area contributed by atoms with Gasteiger partial charge in [-0.15, -0.1) is 0 Å². The minimum absolute atomic E-state index is 0.0159. The van der Waals surface area contributed by atoms with Crippen molar-refractivity contribution in [1.82, 2.24) is 0 Å². The van der Waals surface area contributed by atoms with E-state index in [1.165, 1.54) is 11.1 Å². The smallest absolute Gasteiger partial charge is 0.134 e. The zero-order valence-electron chi connectivity index (χ0n) is 12.4. The molecule has 0 unspecified atom stereocenters. The van der Waals surface area contributed by atoms with Gasteiger partial charge in [0.2, 0.25) is 0 Å². The number of hydrogen-bond acceptors (Lipinski definition) is 2. The number of ether oxygens (including phenoxy) is 1. The zero-order chi connectivity index (χ0) is 13.9. The number of carbonyl (C=O) groups excluding carboxylic acids is 1. The van der Waals surface area contributed by atoms with Crippen LogP contribution in [0.5, 0.6) is 5.75 Å². The van der Waals surface area contributed by atoms with E-state index in [4.69, 9.17) is 4.74 Å². The standard InChI is InChI=1S/C16H24O2/c1-7-12-9-13(8-11(2)17)15(18-6)14(10-12)16(3,4)5/h9-10H,7-8H2,1-6H3. The van der Waals surface area contributed by atoms with Gasteiger partial charge in [-0.3, -0.25) is 4.79 Å². The fraction of sp³-hybridized carbons (Fsp3) is 0.562. The Morgan fingerprint density at radius 3 is 2.28 bits per heavy atom. The third-order valence-electron chi connectivity index (χ3n) is 3.09. The van der Waals surface area contributed by atoms with Gasteiger partial charge < -0.3 is 4.74 Å². The first-order chi connectivity index (χ1) is 8.29. The first kappa shape index (κ1) is 14.7. The molecular formula is C16H24O2. The molecule has 100 valence electrons. The summed E-state index contributed by atoms with van der Waals surface area (Å²) >= 11 is 0. The molecule has 0 N–H and O–H groups in total. The Morgan fingerprint density at radius 1 is 1.28 bits per heavy atom. The number of methoxy groups -OCH3 is 1. The van der Waals surface area contributed by atoms with Gasteiger partial charge in [0, 0.05) is 17.5 Å². The number of Topliss-reactive ketones (excluding diaryl/α,β-unsaturated/α-hetero) is 1. The molecule has 0 fully saturated rings. The maximum absolute atomic E-state index is 11.4. The maximum atomic E-state index is 11.4. The second-order valence-electron chi connectivity index (χ2n) is 5.82. The molecule has 1 rings (SSSR count). The van der Waals surface area contributed by atoms with Gasteiger partial charge in [-0.1, -0.05) is 39.8 Å². The molecule has 0 radical (unpaired) electrons. The predicted octanol–water partition coefficient (Wildman–Crippen LogP) is 3.69. The van der Waals surface area contributed by atoms with Crippen LogP contribution in [-0.2, 0) is 23.1 Å². The molecule has 0 aliphatic heterocycles. The molecule has 0 aliphatic carbocycles. The number of ketones is 1. The average molecular weight is 248 g/mol. The Bertz CT molecular complexity index is 439. The lowest BCUT2D eigenvalue weighted by atomic mass is 9.83.